The van der Waals surface area contributed by atoms with Crippen molar-refractivity contribution in [2.75, 3.05) is 13.1 Å². The van der Waals surface area contributed by atoms with Crippen molar-refractivity contribution in [2.24, 2.45) is 5.92 Å². The van der Waals surface area contributed by atoms with Gasteiger partial charge in [-0.25, -0.2) is 0 Å². The van der Waals surface area contributed by atoms with E-state index in [1.165, 1.54) is 5.56 Å². The average molecular weight is 334 g/mol. The van der Waals surface area contributed by atoms with E-state index in [0.717, 1.165) is 37.9 Å². The molecule has 0 radical (unpaired) electrons. The number of benzene rings is 1. The van der Waals surface area contributed by atoms with E-state index in [2.05, 4.69) is 56.9 Å². The molecule has 2 atom stereocenters. The molecule has 0 saturated carbocycles. The summed E-state index contributed by atoms with van der Waals surface area (Å²) < 4.78 is 5.72. The zero-order valence-corrected chi connectivity index (χ0v) is 16.3. The van der Waals surface area contributed by atoms with Crippen LogP contribution in [0.25, 0.3) is 0 Å². The molecule has 2 unspecified atom stereocenters. The molecule has 0 aliphatic rings. The lowest BCUT2D eigenvalue weighted by molar-refractivity contribution is -0.159. The normalized spacial score (nSPS) is 14.0. The number of ether oxygens (including phenoxy) is 1. The van der Waals surface area contributed by atoms with Crippen molar-refractivity contribution in [1.82, 2.24) is 4.90 Å². The summed E-state index contributed by atoms with van der Waals surface area (Å²) in [6.45, 7) is 14.6. The van der Waals surface area contributed by atoms with E-state index in [-0.39, 0.29) is 18.1 Å². The molecule has 0 aliphatic carbocycles. The Morgan fingerprint density at radius 2 is 1.54 bits per heavy atom. The maximum atomic E-state index is 12.5. The van der Waals surface area contributed by atoms with Gasteiger partial charge in [0.1, 0.15) is 0 Å². The second-order valence-electron chi connectivity index (χ2n) is 7.13. The molecule has 0 aromatic heterocycles. The molecule has 0 aliphatic heterocycles. The van der Waals surface area contributed by atoms with Crippen LogP contribution < -0.4 is 0 Å². The van der Waals surface area contributed by atoms with Crippen LogP contribution in [0.15, 0.2) is 24.3 Å². The fourth-order valence-electron chi connectivity index (χ4n) is 2.94. The second-order valence-corrected chi connectivity index (χ2v) is 7.13. The minimum Gasteiger partial charge on any atom is -0.446 e. The zero-order chi connectivity index (χ0) is 18.1. The predicted molar refractivity (Wildman–Crippen MR) is 101 cm³/mol. The van der Waals surface area contributed by atoms with E-state index in [9.17, 15) is 4.79 Å². The van der Waals surface area contributed by atoms with E-state index in [1.807, 2.05) is 13.8 Å². The summed E-state index contributed by atoms with van der Waals surface area (Å²) in [7, 11) is 0. The third-order valence-electron chi connectivity index (χ3n) is 4.30. The van der Waals surface area contributed by atoms with Gasteiger partial charge in [0.05, 0.1) is 5.92 Å². The largest absolute Gasteiger partial charge is 0.446 e. The third-order valence-corrected chi connectivity index (χ3v) is 4.30. The molecule has 0 saturated heterocycles. The van der Waals surface area contributed by atoms with Crippen LogP contribution in [0.5, 0.6) is 0 Å². The van der Waals surface area contributed by atoms with Crippen molar-refractivity contribution in [3.05, 3.63) is 35.4 Å². The Morgan fingerprint density at radius 1 is 1.00 bits per heavy atom. The quantitative estimate of drug-likeness (QED) is 0.446. The SMILES string of the molecule is CCCN(CCC)C(C)OC(=O)C(C)c1ccc(CC(C)C)cc1. The Labute approximate surface area is 148 Å². The maximum absolute atomic E-state index is 12.5. The monoisotopic (exact) mass is 333 g/mol. The van der Waals surface area contributed by atoms with Gasteiger partial charge in [-0.1, -0.05) is 52.0 Å². The van der Waals surface area contributed by atoms with E-state index < -0.39 is 0 Å². The number of carbonyl (C=O) groups excluding carboxylic acids is 1. The summed E-state index contributed by atoms with van der Waals surface area (Å²) in [6, 6.07) is 8.38. The first kappa shape index (κ1) is 20.7. The van der Waals surface area contributed by atoms with Crippen LogP contribution in [0.3, 0.4) is 0 Å². The van der Waals surface area contributed by atoms with Gasteiger partial charge in [-0.2, -0.15) is 0 Å². The summed E-state index contributed by atoms with van der Waals surface area (Å²) in [5.41, 5.74) is 2.34. The highest BCUT2D eigenvalue weighted by Crippen LogP contribution is 2.20. The second kappa shape index (κ2) is 10.5. The van der Waals surface area contributed by atoms with E-state index in [0.29, 0.717) is 5.92 Å². The van der Waals surface area contributed by atoms with Gasteiger partial charge in [0.25, 0.3) is 0 Å². The molecule has 0 spiro atoms. The molecule has 0 bridgehead atoms. The van der Waals surface area contributed by atoms with Crippen LogP contribution in [0, 0.1) is 5.92 Å². The molecule has 0 fully saturated rings. The van der Waals surface area contributed by atoms with Gasteiger partial charge in [0.2, 0.25) is 0 Å². The molecular formula is C21H35NO2. The van der Waals surface area contributed by atoms with Gasteiger partial charge in [-0.15, -0.1) is 0 Å². The average Bonchev–Trinajstić information content (AvgIpc) is 2.54. The molecule has 0 heterocycles. The van der Waals surface area contributed by atoms with Gasteiger partial charge in [-0.3, -0.25) is 9.69 Å². The Balaban J connectivity index is 2.65. The van der Waals surface area contributed by atoms with E-state index in [4.69, 9.17) is 4.74 Å². The molecule has 1 rings (SSSR count). The highest BCUT2D eigenvalue weighted by molar-refractivity contribution is 5.77. The first-order valence-electron chi connectivity index (χ1n) is 9.42. The lowest BCUT2D eigenvalue weighted by Crippen LogP contribution is -2.38. The first-order valence-corrected chi connectivity index (χ1v) is 9.42. The van der Waals surface area contributed by atoms with Crippen LogP contribution in [0.1, 0.15) is 71.4 Å². The molecule has 3 heteroatoms. The van der Waals surface area contributed by atoms with Crippen LogP contribution in [-0.4, -0.2) is 30.2 Å². The highest BCUT2D eigenvalue weighted by Gasteiger charge is 2.22. The summed E-state index contributed by atoms with van der Waals surface area (Å²) >= 11 is 0. The van der Waals surface area contributed by atoms with Crippen LogP contribution in [-0.2, 0) is 16.0 Å². The van der Waals surface area contributed by atoms with Crippen molar-refractivity contribution in [2.45, 2.75) is 73.0 Å². The van der Waals surface area contributed by atoms with Crippen molar-refractivity contribution < 1.29 is 9.53 Å². The number of hydrogen-bond acceptors (Lipinski definition) is 3. The van der Waals surface area contributed by atoms with Crippen molar-refractivity contribution in [3.63, 3.8) is 0 Å². The first-order chi connectivity index (χ1) is 11.4. The van der Waals surface area contributed by atoms with E-state index >= 15 is 0 Å². The van der Waals surface area contributed by atoms with Crippen LogP contribution in [0.2, 0.25) is 0 Å². The third kappa shape index (κ3) is 6.64. The smallest absolute Gasteiger partial charge is 0.314 e. The molecule has 1 aromatic carbocycles. The minimum absolute atomic E-state index is 0.142. The summed E-state index contributed by atoms with van der Waals surface area (Å²) in [5, 5.41) is 0. The van der Waals surface area contributed by atoms with Gasteiger partial charge in [0, 0.05) is 13.1 Å². The Morgan fingerprint density at radius 3 is 2.00 bits per heavy atom. The predicted octanol–water partition coefficient (Wildman–Crippen LogP) is 5.00. The van der Waals surface area contributed by atoms with Crippen molar-refractivity contribution in [1.29, 1.82) is 0 Å². The van der Waals surface area contributed by atoms with Gasteiger partial charge < -0.3 is 4.74 Å². The Hall–Kier alpha value is -1.35. The van der Waals surface area contributed by atoms with Gasteiger partial charge >= 0.3 is 5.97 Å². The van der Waals surface area contributed by atoms with Gasteiger partial charge in [-0.05, 0) is 50.2 Å². The van der Waals surface area contributed by atoms with Gasteiger partial charge in [0.15, 0.2) is 6.23 Å². The number of carbonyl (C=O) groups is 1. The Kier molecular flexibility index (Phi) is 9.05. The molecular weight excluding hydrogens is 298 g/mol. The standard InChI is InChI=1S/C21H35NO2/c1-7-13-22(14-8-2)18(6)24-21(23)17(5)20-11-9-19(10-12-20)15-16(3)4/h9-12,16-18H,7-8,13-15H2,1-6H3. The van der Waals surface area contributed by atoms with Crippen LogP contribution in [0.4, 0.5) is 0 Å². The summed E-state index contributed by atoms with van der Waals surface area (Å²) in [5.74, 6) is 0.268. The molecule has 0 N–H and O–H groups in total. The molecule has 0 amide bonds. The van der Waals surface area contributed by atoms with Crippen LogP contribution >= 0.6 is 0 Å². The topological polar surface area (TPSA) is 29.5 Å². The van der Waals surface area contributed by atoms with Crippen molar-refractivity contribution >= 4 is 5.97 Å². The van der Waals surface area contributed by atoms with Crippen molar-refractivity contribution in [3.8, 4) is 0 Å². The fraction of sp³-hybridized carbons (Fsp3) is 0.667. The lowest BCUT2D eigenvalue weighted by atomic mass is 9.97. The van der Waals surface area contributed by atoms with E-state index in [1.54, 1.807) is 0 Å². The zero-order valence-electron chi connectivity index (χ0n) is 16.3. The highest BCUT2D eigenvalue weighted by atomic mass is 16.6. The summed E-state index contributed by atoms with van der Waals surface area (Å²) in [6.07, 6.45) is 3.03. The minimum atomic E-state index is -0.231. The lowest BCUT2D eigenvalue weighted by Gasteiger charge is -2.28. The Bertz CT molecular complexity index is 475. The number of hydrogen-bond donors (Lipinski definition) is 0. The fourth-order valence-corrected chi connectivity index (χ4v) is 2.94. The maximum Gasteiger partial charge on any atom is 0.314 e. The molecule has 1 aromatic rings. The number of esters is 1. The molecule has 24 heavy (non-hydrogen) atoms. The number of nitrogens with zero attached hydrogens (tertiary/aromatic N) is 1. The summed E-state index contributed by atoms with van der Waals surface area (Å²) in [4.78, 5) is 14.7. The number of rotatable bonds is 10. The molecule has 136 valence electrons. The molecule has 3 nitrogen and oxygen atoms in total.